The van der Waals surface area contributed by atoms with Gasteiger partial charge in [0.15, 0.2) is 0 Å². The first-order valence-corrected chi connectivity index (χ1v) is 10.3. The molecule has 0 bridgehead atoms. The Morgan fingerprint density at radius 2 is 1.76 bits per heavy atom. The molecule has 5 nitrogen and oxygen atoms in total. The number of hydrogen-bond donors (Lipinski definition) is 0. The number of pyridine rings is 2. The molecule has 2 aromatic heterocycles. The lowest BCUT2D eigenvalue weighted by Crippen LogP contribution is -2.50. The van der Waals surface area contributed by atoms with Crippen molar-refractivity contribution in [3.63, 3.8) is 0 Å². The molecule has 0 aliphatic carbocycles. The molecule has 0 N–H and O–H groups in total. The standard InChI is InChI=1S/C24H28N4O/c1-16(2)27-11-13-28(14-12-27)24(29)20-15-22(21-7-5-6-10-25-21)26-23-18(4)17(3)8-9-19(20)23/h5-10,15-16H,11-14H2,1-4H3. The van der Waals surface area contributed by atoms with Crippen LogP contribution in [-0.4, -0.2) is 57.9 Å². The van der Waals surface area contributed by atoms with Gasteiger partial charge in [-0.15, -0.1) is 0 Å². The van der Waals surface area contributed by atoms with E-state index in [1.807, 2.05) is 35.2 Å². The van der Waals surface area contributed by atoms with Gasteiger partial charge in [-0.25, -0.2) is 4.98 Å². The van der Waals surface area contributed by atoms with Crippen LogP contribution in [-0.2, 0) is 0 Å². The third-order valence-corrected chi connectivity index (χ3v) is 5.99. The smallest absolute Gasteiger partial charge is 0.254 e. The average Bonchev–Trinajstić information content (AvgIpc) is 2.76. The first-order chi connectivity index (χ1) is 14.0. The molecule has 29 heavy (non-hydrogen) atoms. The minimum Gasteiger partial charge on any atom is -0.336 e. The molecular formula is C24H28N4O. The van der Waals surface area contributed by atoms with Gasteiger partial charge in [0.2, 0.25) is 0 Å². The van der Waals surface area contributed by atoms with E-state index in [-0.39, 0.29) is 5.91 Å². The first kappa shape index (κ1) is 19.5. The molecule has 1 aliphatic rings. The minimum absolute atomic E-state index is 0.0845. The van der Waals surface area contributed by atoms with Gasteiger partial charge in [-0.2, -0.15) is 0 Å². The Labute approximate surface area is 172 Å². The number of benzene rings is 1. The summed E-state index contributed by atoms with van der Waals surface area (Å²) in [6, 6.07) is 12.3. The topological polar surface area (TPSA) is 49.3 Å². The number of nitrogens with zero attached hydrogens (tertiary/aromatic N) is 4. The fraction of sp³-hybridized carbons (Fsp3) is 0.375. The summed E-state index contributed by atoms with van der Waals surface area (Å²) in [6.07, 6.45) is 1.76. The molecule has 3 aromatic rings. The Morgan fingerprint density at radius 3 is 2.41 bits per heavy atom. The van der Waals surface area contributed by atoms with Crippen LogP contribution in [0.1, 0.15) is 35.3 Å². The molecule has 0 saturated carbocycles. The van der Waals surface area contributed by atoms with Crippen LogP contribution in [0.5, 0.6) is 0 Å². The number of rotatable bonds is 3. The van der Waals surface area contributed by atoms with E-state index >= 15 is 0 Å². The van der Waals surface area contributed by atoms with Crippen molar-refractivity contribution in [2.75, 3.05) is 26.2 Å². The fourth-order valence-corrected chi connectivity index (χ4v) is 3.96. The van der Waals surface area contributed by atoms with Crippen molar-refractivity contribution >= 4 is 16.8 Å². The Balaban J connectivity index is 1.79. The maximum Gasteiger partial charge on any atom is 0.254 e. The predicted octanol–water partition coefficient (Wildman–Crippen LogP) is 4.08. The summed E-state index contributed by atoms with van der Waals surface area (Å²) in [5.41, 5.74) is 5.42. The molecule has 1 amide bonds. The maximum absolute atomic E-state index is 13.5. The molecule has 1 fully saturated rings. The number of aromatic nitrogens is 2. The van der Waals surface area contributed by atoms with E-state index in [0.717, 1.165) is 59.6 Å². The van der Waals surface area contributed by atoms with Gasteiger partial charge >= 0.3 is 0 Å². The van der Waals surface area contributed by atoms with Gasteiger partial charge in [-0.05, 0) is 57.0 Å². The molecule has 0 atom stereocenters. The summed E-state index contributed by atoms with van der Waals surface area (Å²) in [4.78, 5) is 27.3. The van der Waals surface area contributed by atoms with Gasteiger partial charge in [0.1, 0.15) is 0 Å². The van der Waals surface area contributed by atoms with Crippen LogP contribution in [0.2, 0.25) is 0 Å². The van der Waals surface area contributed by atoms with Crippen molar-refractivity contribution in [3.05, 3.63) is 59.3 Å². The highest BCUT2D eigenvalue weighted by atomic mass is 16.2. The van der Waals surface area contributed by atoms with Gasteiger partial charge in [-0.3, -0.25) is 14.7 Å². The molecule has 0 spiro atoms. The van der Waals surface area contributed by atoms with Crippen LogP contribution < -0.4 is 0 Å². The molecule has 1 saturated heterocycles. The normalized spacial score (nSPS) is 15.3. The SMILES string of the molecule is Cc1ccc2c(C(=O)N3CCN(C(C)C)CC3)cc(-c3ccccn3)nc2c1C. The van der Waals surface area contributed by atoms with E-state index in [2.05, 4.69) is 43.6 Å². The van der Waals surface area contributed by atoms with E-state index in [9.17, 15) is 4.79 Å². The second kappa shape index (κ2) is 7.91. The first-order valence-electron chi connectivity index (χ1n) is 10.3. The third kappa shape index (κ3) is 3.75. The summed E-state index contributed by atoms with van der Waals surface area (Å²) in [5, 5.41) is 0.920. The molecule has 5 heteroatoms. The van der Waals surface area contributed by atoms with Crippen LogP contribution in [0.15, 0.2) is 42.6 Å². The van der Waals surface area contributed by atoms with E-state index in [0.29, 0.717) is 6.04 Å². The lowest BCUT2D eigenvalue weighted by molar-refractivity contribution is 0.0597. The minimum atomic E-state index is 0.0845. The number of piperazine rings is 1. The van der Waals surface area contributed by atoms with Crippen molar-refractivity contribution in [1.29, 1.82) is 0 Å². The Morgan fingerprint density at radius 1 is 1.00 bits per heavy atom. The van der Waals surface area contributed by atoms with Crippen LogP contribution >= 0.6 is 0 Å². The average molecular weight is 389 g/mol. The van der Waals surface area contributed by atoms with Crippen LogP contribution in [0.3, 0.4) is 0 Å². The van der Waals surface area contributed by atoms with Crippen molar-refractivity contribution in [1.82, 2.24) is 19.8 Å². The second-order valence-corrected chi connectivity index (χ2v) is 8.10. The van der Waals surface area contributed by atoms with Crippen LogP contribution in [0.4, 0.5) is 0 Å². The number of carbonyl (C=O) groups excluding carboxylic acids is 1. The number of fused-ring (bicyclic) bond motifs is 1. The van der Waals surface area contributed by atoms with Gasteiger partial charge in [0, 0.05) is 43.8 Å². The second-order valence-electron chi connectivity index (χ2n) is 8.10. The highest BCUT2D eigenvalue weighted by Gasteiger charge is 2.25. The lowest BCUT2D eigenvalue weighted by atomic mass is 9.99. The quantitative estimate of drug-likeness (QED) is 0.678. The zero-order chi connectivity index (χ0) is 20.5. The highest BCUT2D eigenvalue weighted by molar-refractivity contribution is 6.08. The number of carbonyl (C=O) groups is 1. The summed E-state index contributed by atoms with van der Waals surface area (Å²) >= 11 is 0. The molecule has 150 valence electrons. The van der Waals surface area contributed by atoms with Gasteiger partial charge in [-0.1, -0.05) is 18.2 Å². The van der Waals surface area contributed by atoms with E-state index in [4.69, 9.17) is 4.98 Å². The number of aryl methyl sites for hydroxylation is 2. The molecule has 3 heterocycles. The molecule has 0 radical (unpaired) electrons. The Hall–Kier alpha value is -2.79. The van der Waals surface area contributed by atoms with Crippen molar-refractivity contribution < 1.29 is 4.79 Å². The van der Waals surface area contributed by atoms with E-state index in [1.54, 1.807) is 6.20 Å². The van der Waals surface area contributed by atoms with E-state index < -0.39 is 0 Å². The van der Waals surface area contributed by atoms with Crippen LogP contribution in [0, 0.1) is 13.8 Å². The summed E-state index contributed by atoms with van der Waals surface area (Å²) < 4.78 is 0. The Kier molecular flexibility index (Phi) is 5.33. The molecular weight excluding hydrogens is 360 g/mol. The summed E-state index contributed by atoms with van der Waals surface area (Å²) in [5.74, 6) is 0.0845. The molecule has 1 aliphatic heterocycles. The maximum atomic E-state index is 13.5. The highest BCUT2D eigenvalue weighted by Crippen LogP contribution is 2.28. The van der Waals surface area contributed by atoms with E-state index in [1.165, 1.54) is 5.56 Å². The zero-order valence-corrected chi connectivity index (χ0v) is 17.6. The van der Waals surface area contributed by atoms with Gasteiger partial charge in [0.05, 0.1) is 22.5 Å². The van der Waals surface area contributed by atoms with Gasteiger partial charge in [0.25, 0.3) is 5.91 Å². The van der Waals surface area contributed by atoms with Crippen molar-refractivity contribution in [2.24, 2.45) is 0 Å². The van der Waals surface area contributed by atoms with Crippen molar-refractivity contribution in [2.45, 2.75) is 33.7 Å². The van der Waals surface area contributed by atoms with Crippen LogP contribution in [0.25, 0.3) is 22.3 Å². The van der Waals surface area contributed by atoms with Gasteiger partial charge < -0.3 is 4.90 Å². The molecule has 1 aromatic carbocycles. The monoisotopic (exact) mass is 388 g/mol. The fourth-order valence-electron chi connectivity index (χ4n) is 3.96. The molecule has 4 rings (SSSR count). The number of hydrogen-bond acceptors (Lipinski definition) is 4. The molecule has 0 unspecified atom stereocenters. The summed E-state index contributed by atoms with van der Waals surface area (Å²) in [7, 11) is 0. The lowest BCUT2D eigenvalue weighted by Gasteiger charge is -2.37. The van der Waals surface area contributed by atoms with Crippen molar-refractivity contribution in [3.8, 4) is 11.4 Å². The summed E-state index contributed by atoms with van der Waals surface area (Å²) in [6.45, 7) is 11.9. The third-order valence-electron chi connectivity index (χ3n) is 5.99. The largest absolute Gasteiger partial charge is 0.336 e. The predicted molar refractivity (Wildman–Crippen MR) is 117 cm³/mol. The number of amides is 1. The Bertz CT molecular complexity index is 1040. The zero-order valence-electron chi connectivity index (χ0n) is 17.6.